The maximum absolute atomic E-state index is 13.8. The molecule has 0 saturated carbocycles. The molecule has 0 bridgehead atoms. The van der Waals surface area contributed by atoms with Crippen molar-refractivity contribution in [2.75, 3.05) is 0 Å². The molecule has 0 saturated heterocycles. The summed E-state index contributed by atoms with van der Waals surface area (Å²) in [5, 5.41) is 14.5. The van der Waals surface area contributed by atoms with Gasteiger partial charge in [0, 0.05) is 18.0 Å². The van der Waals surface area contributed by atoms with E-state index >= 15 is 0 Å². The average molecular weight is 535 g/mol. The Kier molecular flexibility index (Phi) is 8.10. The van der Waals surface area contributed by atoms with Gasteiger partial charge in [0.25, 0.3) is 0 Å². The van der Waals surface area contributed by atoms with Crippen molar-refractivity contribution in [3.8, 4) is 22.5 Å². The highest BCUT2D eigenvalue weighted by atomic mass is 16.1. The lowest BCUT2D eigenvalue weighted by atomic mass is 9.83. The number of tetrazole rings is 1. The quantitative estimate of drug-likeness (QED) is 0.206. The second-order valence-electron chi connectivity index (χ2n) is 11.1. The first kappa shape index (κ1) is 27.3. The Labute approximate surface area is 235 Å². The van der Waals surface area contributed by atoms with Gasteiger partial charge in [0.1, 0.15) is 0 Å². The van der Waals surface area contributed by atoms with Crippen LogP contribution in [0.3, 0.4) is 0 Å². The molecule has 7 nitrogen and oxygen atoms in total. The molecule has 1 unspecified atom stereocenters. The molecule has 1 atom stereocenters. The van der Waals surface area contributed by atoms with Crippen LogP contribution in [0.1, 0.15) is 87.6 Å². The summed E-state index contributed by atoms with van der Waals surface area (Å²) in [4.78, 5) is 13.8. The normalized spacial score (nSPS) is 12.4. The fourth-order valence-electron chi connectivity index (χ4n) is 5.67. The molecule has 0 aliphatic rings. The molecule has 0 aliphatic carbocycles. The first-order valence-electron chi connectivity index (χ1n) is 14.2. The van der Waals surface area contributed by atoms with Crippen molar-refractivity contribution in [1.29, 1.82) is 0 Å². The van der Waals surface area contributed by atoms with Crippen LogP contribution in [0.25, 0.3) is 22.5 Å². The van der Waals surface area contributed by atoms with Gasteiger partial charge < -0.3 is 0 Å². The SMILES string of the molecule is CCCC(c1c(C(C)C)cccc1C(C)C)n1ccn(Cc2ccc(-c3ccccc3-c3nn[nH]n3)cc2)c1=O. The van der Waals surface area contributed by atoms with E-state index in [4.69, 9.17) is 0 Å². The molecule has 1 N–H and O–H groups in total. The minimum Gasteiger partial charge on any atom is -0.295 e. The zero-order chi connectivity index (χ0) is 28.2. The van der Waals surface area contributed by atoms with E-state index in [9.17, 15) is 4.79 Å². The van der Waals surface area contributed by atoms with Gasteiger partial charge in [-0.15, -0.1) is 10.2 Å². The van der Waals surface area contributed by atoms with Gasteiger partial charge in [-0.3, -0.25) is 9.13 Å². The smallest absolute Gasteiger partial charge is 0.295 e. The third kappa shape index (κ3) is 5.41. The second kappa shape index (κ2) is 11.9. The largest absolute Gasteiger partial charge is 0.329 e. The Hall–Kier alpha value is -4.26. The van der Waals surface area contributed by atoms with E-state index in [2.05, 4.69) is 104 Å². The fourth-order valence-corrected chi connectivity index (χ4v) is 5.67. The van der Waals surface area contributed by atoms with Crippen molar-refractivity contribution in [2.24, 2.45) is 0 Å². The van der Waals surface area contributed by atoms with E-state index in [1.54, 1.807) is 0 Å². The number of hydrogen-bond donors (Lipinski definition) is 1. The van der Waals surface area contributed by atoms with Crippen LogP contribution in [0, 0.1) is 0 Å². The third-order valence-electron chi connectivity index (χ3n) is 7.65. The molecule has 206 valence electrons. The molecule has 0 spiro atoms. The van der Waals surface area contributed by atoms with Crippen molar-refractivity contribution >= 4 is 0 Å². The first-order valence-corrected chi connectivity index (χ1v) is 14.2. The zero-order valence-corrected chi connectivity index (χ0v) is 24.0. The van der Waals surface area contributed by atoms with Crippen molar-refractivity contribution in [1.82, 2.24) is 29.8 Å². The van der Waals surface area contributed by atoms with Crippen molar-refractivity contribution in [2.45, 2.75) is 71.9 Å². The molecule has 5 aromatic rings. The van der Waals surface area contributed by atoms with Crippen LogP contribution in [0.4, 0.5) is 0 Å². The molecule has 0 aliphatic heterocycles. The Bertz CT molecular complexity index is 1580. The summed E-state index contributed by atoms with van der Waals surface area (Å²) < 4.78 is 3.77. The fraction of sp³-hybridized carbons (Fsp3) is 0.333. The lowest BCUT2D eigenvalue weighted by Gasteiger charge is -2.27. The summed E-state index contributed by atoms with van der Waals surface area (Å²) in [7, 11) is 0. The maximum atomic E-state index is 13.8. The summed E-state index contributed by atoms with van der Waals surface area (Å²) in [6, 6.07) is 23.0. The highest BCUT2D eigenvalue weighted by molar-refractivity contribution is 5.80. The van der Waals surface area contributed by atoms with Gasteiger partial charge in [-0.1, -0.05) is 108 Å². The molecule has 0 radical (unpaired) electrons. The number of aromatic amines is 1. The van der Waals surface area contributed by atoms with Gasteiger partial charge in [0.15, 0.2) is 0 Å². The van der Waals surface area contributed by atoms with Crippen molar-refractivity contribution < 1.29 is 0 Å². The lowest BCUT2D eigenvalue weighted by molar-refractivity contribution is 0.497. The molecule has 3 aromatic carbocycles. The number of nitrogens with one attached hydrogen (secondary N) is 1. The lowest BCUT2D eigenvalue weighted by Crippen LogP contribution is -2.29. The summed E-state index contributed by atoms with van der Waals surface area (Å²) in [5.74, 6) is 1.33. The van der Waals surface area contributed by atoms with E-state index in [0.29, 0.717) is 24.2 Å². The molecular weight excluding hydrogens is 496 g/mol. The zero-order valence-electron chi connectivity index (χ0n) is 24.0. The Balaban J connectivity index is 1.45. The van der Waals surface area contributed by atoms with E-state index in [0.717, 1.165) is 35.1 Å². The Morgan fingerprint density at radius 1 is 0.825 bits per heavy atom. The summed E-state index contributed by atoms with van der Waals surface area (Å²) in [6.45, 7) is 11.7. The topological polar surface area (TPSA) is 81.4 Å². The van der Waals surface area contributed by atoms with Gasteiger partial charge in [-0.05, 0) is 56.9 Å². The number of hydrogen-bond acceptors (Lipinski definition) is 4. The monoisotopic (exact) mass is 534 g/mol. The van der Waals surface area contributed by atoms with Crippen LogP contribution >= 0.6 is 0 Å². The first-order chi connectivity index (χ1) is 19.4. The predicted molar refractivity (Wildman–Crippen MR) is 161 cm³/mol. The maximum Gasteiger partial charge on any atom is 0.329 e. The van der Waals surface area contributed by atoms with Crippen molar-refractivity contribution in [3.05, 3.63) is 112 Å². The molecule has 2 aromatic heterocycles. The third-order valence-corrected chi connectivity index (χ3v) is 7.65. The molecule has 5 rings (SSSR count). The Morgan fingerprint density at radius 3 is 2.10 bits per heavy atom. The number of imidazole rings is 1. The molecule has 0 fully saturated rings. The molecule has 7 heteroatoms. The highest BCUT2D eigenvalue weighted by Gasteiger charge is 2.24. The van der Waals surface area contributed by atoms with Crippen LogP contribution in [0.2, 0.25) is 0 Å². The van der Waals surface area contributed by atoms with Crippen LogP contribution in [-0.2, 0) is 6.54 Å². The van der Waals surface area contributed by atoms with E-state index < -0.39 is 0 Å². The molecule has 0 amide bonds. The standard InChI is InChI=1S/C33H38N6O/c1-6-10-30(31-26(22(2)3)13-9-14-27(31)23(4)5)39-20-19-38(33(39)40)21-24-15-17-25(18-16-24)28-11-7-8-12-29(28)32-34-36-37-35-32/h7-9,11-20,22-23,30H,6,10,21H2,1-5H3,(H,34,35,36,37). The number of H-pyrrole nitrogens is 1. The van der Waals surface area contributed by atoms with E-state index in [1.165, 1.54) is 16.7 Å². The summed E-state index contributed by atoms with van der Waals surface area (Å²) in [5.41, 5.74) is 8.09. The van der Waals surface area contributed by atoms with E-state index in [-0.39, 0.29) is 11.7 Å². The number of nitrogens with zero attached hydrogens (tertiary/aromatic N) is 5. The van der Waals surface area contributed by atoms with E-state index in [1.807, 2.05) is 39.7 Å². The predicted octanol–water partition coefficient (Wildman–Crippen LogP) is 7.18. The highest BCUT2D eigenvalue weighted by Crippen LogP contribution is 2.36. The minimum absolute atomic E-state index is 0.0127. The van der Waals surface area contributed by atoms with Gasteiger partial charge >= 0.3 is 5.69 Å². The second-order valence-corrected chi connectivity index (χ2v) is 11.1. The van der Waals surface area contributed by atoms with Crippen LogP contribution in [0.5, 0.6) is 0 Å². The number of benzene rings is 3. The number of rotatable bonds is 10. The van der Waals surface area contributed by atoms with Crippen LogP contribution in [-0.4, -0.2) is 29.8 Å². The average Bonchev–Trinajstić information content (AvgIpc) is 3.62. The summed E-state index contributed by atoms with van der Waals surface area (Å²) in [6.07, 6.45) is 5.82. The van der Waals surface area contributed by atoms with Crippen LogP contribution < -0.4 is 5.69 Å². The number of aromatic nitrogens is 6. The van der Waals surface area contributed by atoms with Gasteiger partial charge in [0.2, 0.25) is 5.82 Å². The minimum atomic E-state index is 0.0127. The van der Waals surface area contributed by atoms with Crippen molar-refractivity contribution in [3.63, 3.8) is 0 Å². The Morgan fingerprint density at radius 2 is 1.50 bits per heavy atom. The van der Waals surface area contributed by atoms with Gasteiger partial charge in [-0.2, -0.15) is 5.21 Å². The molecule has 40 heavy (non-hydrogen) atoms. The van der Waals surface area contributed by atoms with Crippen LogP contribution in [0.15, 0.2) is 83.9 Å². The van der Waals surface area contributed by atoms with Gasteiger partial charge in [-0.25, -0.2) is 4.79 Å². The van der Waals surface area contributed by atoms with Gasteiger partial charge in [0.05, 0.1) is 12.6 Å². The molecule has 2 heterocycles. The summed E-state index contributed by atoms with van der Waals surface area (Å²) >= 11 is 0. The molecular formula is C33H38N6O.